The summed E-state index contributed by atoms with van der Waals surface area (Å²) in [5.41, 5.74) is 1.38. The fourth-order valence-corrected chi connectivity index (χ4v) is 1.99. The third-order valence-corrected chi connectivity index (χ3v) is 3.12. The number of aryl methyl sites for hydroxylation is 1. The number of rotatable bonds is 5. The van der Waals surface area contributed by atoms with E-state index < -0.39 is 0 Å². The Morgan fingerprint density at radius 1 is 1.29 bits per heavy atom. The molecule has 2 aromatic rings. The van der Waals surface area contributed by atoms with Gasteiger partial charge < -0.3 is 15.0 Å². The lowest BCUT2D eigenvalue weighted by molar-refractivity contribution is -0.123. The normalized spacial score (nSPS) is 11.7. The molecule has 21 heavy (non-hydrogen) atoms. The number of amides is 1. The van der Waals surface area contributed by atoms with Crippen LogP contribution in [0.1, 0.15) is 24.2 Å². The molecule has 0 saturated carbocycles. The summed E-state index contributed by atoms with van der Waals surface area (Å²) in [5, 5.41) is 2.83. The number of nitrogens with one attached hydrogen (secondary N) is 2. The van der Waals surface area contributed by atoms with Crippen LogP contribution in [0.25, 0.3) is 0 Å². The van der Waals surface area contributed by atoms with Crippen molar-refractivity contribution in [2.45, 2.75) is 19.9 Å². The van der Waals surface area contributed by atoms with E-state index in [1.165, 1.54) is 6.07 Å². The van der Waals surface area contributed by atoms with E-state index in [-0.39, 0.29) is 29.7 Å². The van der Waals surface area contributed by atoms with Gasteiger partial charge in [0.2, 0.25) is 5.43 Å². The van der Waals surface area contributed by atoms with Crippen LogP contribution in [0, 0.1) is 6.92 Å². The lowest BCUT2D eigenvalue weighted by Crippen LogP contribution is -2.32. The van der Waals surface area contributed by atoms with Gasteiger partial charge >= 0.3 is 0 Å². The Morgan fingerprint density at radius 2 is 2.00 bits per heavy atom. The number of carbonyl (C=O) groups excluding carboxylic acids is 1. The predicted molar refractivity (Wildman–Crippen MR) is 80.3 cm³/mol. The van der Waals surface area contributed by atoms with Gasteiger partial charge in [0.1, 0.15) is 0 Å². The summed E-state index contributed by atoms with van der Waals surface area (Å²) in [6.07, 6.45) is 1.54. The Hall–Kier alpha value is -2.56. The van der Waals surface area contributed by atoms with Gasteiger partial charge in [-0.25, -0.2) is 0 Å². The van der Waals surface area contributed by atoms with Crippen molar-refractivity contribution in [1.29, 1.82) is 0 Å². The third kappa shape index (κ3) is 3.95. The number of H-pyrrole nitrogens is 1. The second-order valence-corrected chi connectivity index (χ2v) is 4.78. The lowest BCUT2D eigenvalue weighted by atomic mass is 10.1. The van der Waals surface area contributed by atoms with Gasteiger partial charge in [0.25, 0.3) is 5.91 Å². The second kappa shape index (κ2) is 6.74. The highest BCUT2D eigenvalue weighted by molar-refractivity contribution is 5.78. The lowest BCUT2D eigenvalue weighted by Gasteiger charge is -2.14. The average molecular weight is 286 g/mol. The highest BCUT2D eigenvalue weighted by Gasteiger charge is 2.11. The fraction of sp³-hybridized carbons (Fsp3) is 0.250. The third-order valence-electron chi connectivity index (χ3n) is 3.12. The Labute approximate surface area is 123 Å². The van der Waals surface area contributed by atoms with Gasteiger partial charge in [0.05, 0.1) is 11.7 Å². The number of aromatic nitrogens is 1. The second-order valence-electron chi connectivity index (χ2n) is 4.78. The van der Waals surface area contributed by atoms with Gasteiger partial charge in [-0.2, -0.15) is 0 Å². The van der Waals surface area contributed by atoms with Gasteiger partial charge in [0, 0.05) is 12.3 Å². The molecule has 2 N–H and O–H groups in total. The Bertz CT molecular complexity index is 665. The maximum atomic E-state index is 11.9. The molecule has 110 valence electrons. The molecule has 1 unspecified atom stereocenters. The summed E-state index contributed by atoms with van der Waals surface area (Å²) in [6, 6.07) is 10.9. The van der Waals surface area contributed by atoms with Crippen LogP contribution in [0.3, 0.4) is 0 Å². The largest absolute Gasteiger partial charge is 0.478 e. The summed E-state index contributed by atoms with van der Waals surface area (Å²) < 4.78 is 5.31. The monoisotopic (exact) mass is 286 g/mol. The molecule has 0 radical (unpaired) electrons. The summed E-state index contributed by atoms with van der Waals surface area (Å²) >= 11 is 0. The fourth-order valence-electron chi connectivity index (χ4n) is 1.99. The molecule has 5 nitrogen and oxygen atoms in total. The summed E-state index contributed by atoms with van der Waals surface area (Å²) in [6.45, 7) is 3.43. The first-order chi connectivity index (χ1) is 10.1. The van der Waals surface area contributed by atoms with Gasteiger partial charge in [-0.1, -0.05) is 30.3 Å². The molecule has 0 bridgehead atoms. The van der Waals surface area contributed by atoms with Crippen LogP contribution in [-0.4, -0.2) is 17.5 Å². The van der Waals surface area contributed by atoms with Gasteiger partial charge in [-0.15, -0.1) is 0 Å². The first-order valence-electron chi connectivity index (χ1n) is 6.73. The van der Waals surface area contributed by atoms with E-state index >= 15 is 0 Å². The van der Waals surface area contributed by atoms with E-state index in [0.29, 0.717) is 5.69 Å². The molecule has 1 heterocycles. The SMILES string of the molecule is Cc1[nH]ccc(=O)c1OCC(=O)NC(C)c1ccccc1. The number of aromatic amines is 1. The number of carbonyl (C=O) groups is 1. The van der Waals surface area contributed by atoms with Crippen LogP contribution in [0.15, 0.2) is 47.4 Å². The minimum atomic E-state index is -0.269. The van der Waals surface area contributed by atoms with Crippen LogP contribution < -0.4 is 15.5 Å². The molecule has 1 aromatic heterocycles. The molecule has 0 saturated heterocycles. The van der Waals surface area contributed by atoms with E-state index in [4.69, 9.17) is 4.74 Å². The van der Waals surface area contributed by atoms with Crippen LogP contribution in [0.2, 0.25) is 0 Å². The number of pyridine rings is 1. The smallest absolute Gasteiger partial charge is 0.258 e. The van der Waals surface area contributed by atoms with Gasteiger partial charge in [-0.05, 0) is 19.4 Å². The number of benzene rings is 1. The molecular formula is C16H18N2O3. The zero-order valence-electron chi connectivity index (χ0n) is 12.1. The van der Waals surface area contributed by atoms with Crippen molar-refractivity contribution >= 4 is 5.91 Å². The summed E-state index contributed by atoms with van der Waals surface area (Å²) in [7, 11) is 0. The molecule has 0 aliphatic heterocycles. The van der Waals surface area contributed by atoms with E-state index in [1.54, 1.807) is 13.1 Å². The maximum absolute atomic E-state index is 11.9. The van der Waals surface area contributed by atoms with Crippen molar-refractivity contribution in [3.05, 3.63) is 64.1 Å². The molecule has 0 aliphatic rings. The molecular weight excluding hydrogens is 268 g/mol. The van der Waals surface area contributed by atoms with Crippen molar-refractivity contribution in [3.63, 3.8) is 0 Å². The maximum Gasteiger partial charge on any atom is 0.258 e. The zero-order valence-corrected chi connectivity index (χ0v) is 12.1. The van der Waals surface area contributed by atoms with Crippen LogP contribution in [0.4, 0.5) is 0 Å². The first kappa shape index (κ1) is 14.8. The standard InChI is InChI=1S/C16H18N2O3/c1-11(13-6-4-3-5-7-13)18-15(20)10-21-16-12(2)17-9-8-14(16)19/h3-9,11H,10H2,1-2H3,(H,17,19)(H,18,20). The molecule has 1 aromatic carbocycles. The molecule has 2 rings (SSSR count). The number of hydrogen-bond acceptors (Lipinski definition) is 3. The quantitative estimate of drug-likeness (QED) is 0.882. The van der Waals surface area contributed by atoms with Crippen molar-refractivity contribution in [1.82, 2.24) is 10.3 Å². The van der Waals surface area contributed by atoms with Gasteiger partial charge in [0.15, 0.2) is 12.4 Å². The number of hydrogen-bond donors (Lipinski definition) is 2. The predicted octanol–water partition coefficient (Wildman–Crippen LogP) is 1.94. The average Bonchev–Trinajstić information content (AvgIpc) is 2.47. The highest BCUT2D eigenvalue weighted by Crippen LogP contribution is 2.11. The van der Waals surface area contributed by atoms with Gasteiger partial charge in [-0.3, -0.25) is 9.59 Å². The van der Waals surface area contributed by atoms with Crippen molar-refractivity contribution in [3.8, 4) is 5.75 Å². The number of ether oxygens (including phenoxy) is 1. The van der Waals surface area contributed by atoms with Crippen molar-refractivity contribution in [2.75, 3.05) is 6.61 Å². The minimum Gasteiger partial charge on any atom is -0.478 e. The molecule has 0 spiro atoms. The van der Waals surface area contributed by atoms with E-state index in [9.17, 15) is 9.59 Å². The van der Waals surface area contributed by atoms with Crippen LogP contribution >= 0.6 is 0 Å². The zero-order chi connectivity index (χ0) is 15.2. The van der Waals surface area contributed by atoms with E-state index in [2.05, 4.69) is 10.3 Å². The van der Waals surface area contributed by atoms with Crippen LogP contribution in [0.5, 0.6) is 5.75 Å². The molecule has 0 fully saturated rings. The molecule has 1 atom stereocenters. The Balaban J connectivity index is 1.92. The van der Waals surface area contributed by atoms with E-state index in [0.717, 1.165) is 5.56 Å². The van der Waals surface area contributed by atoms with Crippen LogP contribution in [-0.2, 0) is 4.79 Å². The minimum absolute atomic E-state index is 0.113. The van der Waals surface area contributed by atoms with Crippen molar-refractivity contribution in [2.24, 2.45) is 0 Å². The molecule has 5 heteroatoms. The van der Waals surface area contributed by atoms with Crippen molar-refractivity contribution < 1.29 is 9.53 Å². The highest BCUT2D eigenvalue weighted by atomic mass is 16.5. The summed E-state index contributed by atoms with van der Waals surface area (Å²) in [4.78, 5) is 26.4. The Kier molecular flexibility index (Phi) is 4.77. The molecule has 0 aliphatic carbocycles. The molecule has 1 amide bonds. The summed E-state index contributed by atoms with van der Waals surface area (Å²) in [5.74, 6) is -0.0889. The first-order valence-corrected chi connectivity index (χ1v) is 6.73. The topological polar surface area (TPSA) is 71.2 Å². The van der Waals surface area contributed by atoms with E-state index in [1.807, 2.05) is 37.3 Å². The Morgan fingerprint density at radius 3 is 2.67 bits per heavy atom.